The first-order valence-corrected chi connectivity index (χ1v) is 20.2. The van der Waals surface area contributed by atoms with E-state index >= 15 is 0 Å². The standard InChI is InChI=1S/C38H78S/c1-4-6-8-10-12-14-16-18-20-22-24-26-28-30-32-34-36-38(39-3)37-35-33-31-29-27-25-23-21-19-17-15-13-11-9-7-5-2/h38H,4-37H2,1-3H3. The second-order valence-electron chi connectivity index (χ2n) is 13.0. The predicted molar refractivity (Wildman–Crippen MR) is 186 cm³/mol. The third-order valence-corrected chi connectivity index (χ3v) is 10.2. The summed E-state index contributed by atoms with van der Waals surface area (Å²) in [7, 11) is 0. The lowest BCUT2D eigenvalue weighted by molar-refractivity contribution is 0.514. The minimum absolute atomic E-state index is 0.934. The molecule has 0 aromatic carbocycles. The highest BCUT2D eigenvalue weighted by Crippen LogP contribution is 2.23. The Morgan fingerprint density at radius 3 is 0.641 bits per heavy atom. The maximum Gasteiger partial charge on any atom is 0.00442 e. The van der Waals surface area contributed by atoms with Gasteiger partial charge in [0.05, 0.1) is 0 Å². The second kappa shape index (κ2) is 36.4. The maximum absolute atomic E-state index is 2.35. The van der Waals surface area contributed by atoms with Crippen molar-refractivity contribution >= 4 is 11.8 Å². The van der Waals surface area contributed by atoms with Crippen LogP contribution in [0.1, 0.15) is 232 Å². The Hall–Kier alpha value is 0.350. The van der Waals surface area contributed by atoms with E-state index in [-0.39, 0.29) is 0 Å². The molecule has 39 heavy (non-hydrogen) atoms. The molecule has 0 radical (unpaired) electrons. The molecule has 0 aliphatic heterocycles. The van der Waals surface area contributed by atoms with E-state index in [1.54, 1.807) is 0 Å². The van der Waals surface area contributed by atoms with Crippen LogP contribution in [0, 0.1) is 0 Å². The van der Waals surface area contributed by atoms with Gasteiger partial charge in [-0.05, 0) is 19.1 Å². The molecule has 0 aromatic heterocycles. The quantitative estimate of drug-likeness (QED) is 0.0687. The monoisotopic (exact) mass is 567 g/mol. The second-order valence-corrected chi connectivity index (χ2v) is 14.2. The van der Waals surface area contributed by atoms with Gasteiger partial charge in [-0.15, -0.1) is 0 Å². The summed E-state index contributed by atoms with van der Waals surface area (Å²) in [6.07, 6.45) is 52.5. The molecule has 0 aromatic rings. The van der Waals surface area contributed by atoms with Crippen LogP contribution in [0.4, 0.5) is 0 Å². The van der Waals surface area contributed by atoms with Crippen molar-refractivity contribution in [3.63, 3.8) is 0 Å². The molecule has 0 saturated heterocycles. The fraction of sp³-hybridized carbons (Fsp3) is 1.00. The van der Waals surface area contributed by atoms with Crippen LogP contribution in [-0.4, -0.2) is 11.5 Å². The van der Waals surface area contributed by atoms with Gasteiger partial charge in [0.15, 0.2) is 0 Å². The lowest BCUT2D eigenvalue weighted by atomic mass is 10.0. The summed E-state index contributed by atoms with van der Waals surface area (Å²) in [5.74, 6) is 0. The van der Waals surface area contributed by atoms with Crippen LogP contribution >= 0.6 is 11.8 Å². The molecule has 236 valence electrons. The highest BCUT2D eigenvalue weighted by molar-refractivity contribution is 7.99. The minimum Gasteiger partial charge on any atom is -0.162 e. The Morgan fingerprint density at radius 1 is 0.282 bits per heavy atom. The van der Waals surface area contributed by atoms with Crippen molar-refractivity contribution in [1.29, 1.82) is 0 Å². The fourth-order valence-electron chi connectivity index (χ4n) is 6.22. The SMILES string of the molecule is CCCCCCCCCCCCCCCCCCC(CCCCCCCCCCCCCCCCCC)SC. The average molecular weight is 567 g/mol. The molecular weight excluding hydrogens is 488 g/mol. The highest BCUT2D eigenvalue weighted by Gasteiger charge is 2.06. The predicted octanol–water partition coefficient (Wildman–Crippen LogP) is 15.0. The first-order chi connectivity index (χ1) is 19.3. The van der Waals surface area contributed by atoms with E-state index in [2.05, 4.69) is 31.9 Å². The summed E-state index contributed by atoms with van der Waals surface area (Å²) < 4.78 is 0. The third-order valence-electron chi connectivity index (χ3n) is 9.09. The Morgan fingerprint density at radius 2 is 0.462 bits per heavy atom. The van der Waals surface area contributed by atoms with Gasteiger partial charge in [0.1, 0.15) is 0 Å². The minimum atomic E-state index is 0.934. The van der Waals surface area contributed by atoms with Gasteiger partial charge in [-0.3, -0.25) is 0 Å². The van der Waals surface area contributed by atoms with E-state index < -0.39 is 0 Å². The molecule has 0 bridgehead atoms. The summed E-state index contributed by atoms with van der Waals surface area (Å²) in [5.41, 5.74) is 0. The summed E-state index contributed by atoms with van der Waals surface area (Å²) in [6, 6.07) is 0. The molecule has 0 atom stereocenters. The van der Waals surface area contributed by atoms with E-state index in [9.17, 15) is 0 Å². The molecule has 0 spiro atoms. The molecule has 0 rings (SSSR count). The van der Waals surface area contributed by atoms with Crippen LogP contribution in [0.5, 0.6) is 0 Å². The van der Waals surface area contributed by atoms with Crippen LogP contribution in [0.25, 0.3) is 0 Å². The van der Waals surface area contributed by atoms with Gasteiger partial charge in [-0.2, -0.15) is 11.8 Å². The Labute approximate surface area is 254 Å². The van der Waals surface area contributed by atoms with Crippen LogP contribution in [0.15, 0.2) is 0 Å². The zero-order valence-electron chi connectivity index (χ0n) is 28.0. The highest BCUT2D eigenvalue weighted by atomic mass is 32.2. The summed E-state index contributed by atoms with van der Waals surface area (Å²) >= 11 is 2.14. The lowest BCUT2D eigenvalue weighted by Crippen LogP contribution is -2.02. The van der Waals surface area contributed by atoms with Gasteiger partial charge in [-0.25, -0.2) is 0 Å². The largest absolute Gasteiger partial charge is 0.162 e. The Bertz CT molecular complexity index is 370. The number of hydrogen-bond donors (Lipinski definition) is 0. The van der Waals surface area contributed by atoms with Gasteiger partial charge in [-0.1, -0.05) is 219 Å². The van der Waals surface area contributed by atoms with Gasteiger partial charge in [0.2, 0.25) is 0 Å². The van der Waals surface area contributed by atoms with Crippen molar-refractivity contribution in [3.8, 4) is 0 Å². The molecule has 0 N–H and O–H groups in total. The fourth-order valence-corrected chi connectivity index (χ4v) is 7.02. The number of thioether (sulfide) groups is 1. The number of rotatable bonds is 35. The summed E-state index contributed by atoms with van der Waals surface area (Å²) in [4.78, 5) is 0. The maximum atomic E-state index is 2.35. The molecular formula is C38H78S. The normalized spacial score (nSPS) is 11.7. The molecule has 0 saturated carbocycles. The van der Waals surface area contributed by atoms with E-state index in [1.165, 1.54) is 218 Å². The van der Waals surface area contributed by atoms with Gasteiger partial charge >= 0.3 is 0 Å². The van der Waals surface area contributed by atoms with Crippen LogP contribution in [0.3, 0.4) is 0 Å². The van der Waals surface area contributed by atoms with Crippen LogP contribution < -0.4 is 0 Å². The van der Waals surface area contributed by atoms with Crippen LogP contribution in [-0.2, 0) is 0 Å². The number of unbranched alkanes of at least 4 members (excludes halogenated alkanes) is 30. The molecule has 0 heterocycles. The zero-order valence-corrected chi connectivity index (χ0v) is 28.8. The first kappa shape index (κ1) is 39.4. The molecule has 0 aliphatic carbocycles. The van der Waals surface area contributed by atoms with Crippen molar-refractivity contribution in [2.75, 3.05) is 6.26 Å². The smallest absolute Gasteiger partial charge is 0.00442 e. The van der Waals surface area contributed by atoms with E-state index in [1.807, 2.05) is 0 Å². The van der Waals surface area contributed by atoms with Crippen molar-refractivity contribution in [2.24, 2.45) is 0 Å². The van der Waals surface area contributed by atoms with Crippen molar-refractivity contribution < 1.29 is 0 Å². The molecule has 0 unspecified atom stereocenters. The van der Waals surface area contributed by atoms with Crippen LogP contribution in [0.2, 0.25) is 0 Å². The van der Waals surface area contributed by atoms with Gasteiger partial charge < -0.3 is 0 Å². The van der Waals surface area contributed by atoms with E-state index in [4.69, 9.17) is 0 Å². The van der Waals surface area contributed by atoms with Crippen molar-refractivity contribution in [3.05, 3.63) is 0 Å². The molecule has 0 aliphatic rings. The first-order valence-electron chi connectivity index (χ1n) is 18.9. The topological polar surface area (TPSA) is 0 Å². The van der Waals surface area contributed by atoms with Crippen molar-refractivity contribution in [1.82, 2.24) is 0 Å². The van der Waals surface area contributed by atoms with E-state index in [0.717, 1.165) is 5.25 Å². The Kier molecular flexibility index (Phi) is 36.7. The molecule has 0 amide bonds. The number of hydrogen-bond acceptors (Lipinski definition) is 1. The third kappa shape index (κ3) is 34.5. The van der Waals surface area contributed by atoms with Gasteiger partial charge in [0.25, 0.3) is 0 Å². The van der Waals surface area contributed by atoms with E-state index in [0.29, 0.717) is 0 Å². The Balaban J connectivity index is 3.25. The lowest BCUT2D eigenvalue weighted by Gasteiger charge is -2.14. The average Bonchev–Trinajstić information content (AvgIpc) is 2.95. The molecule has 0 fully saturated rings. The summed E-state index contributed by atoms with van der Waals surface area (Å²) in [6.45, 7) is 4.62. The molecule has 0 nitrogen and oxygen atoms in total. The van der Waals surface area contributed by atoms with Crippen molar-refractivity contribution in [2.45, 2.75) is 237 Å². The zero-order chi connectivity index (χ0) is 28.3. The van der Waals surface area contributed by atoms with Gasteiger partial charge in [0, 0.05) is 5.25 Å². The summed E-state index contributed by atoms with van der Waals surface area (Å²) in [5, 5.41) is 0.934. The molecule has 1 heteroatoms.